The van der Waals surface area contributed by atoms with Crippen LogP contribution in [-0.4, -0.2) is 39.3 Å². The Balaban J connectivity index is 1.32. The molecule has 0 radical (unpaired) electrons. The van der Waals surface area contributed by atoms with Crippen LogP contribution in [0, 0.1) is 0 Å². The number of hydrogen-bond acceptors (Lipinski definition) is 7. The first-order chi connectivity index (χ1) is 26.2. The molecule has 0 amide bonds. The number of halogens is 2. The molecule has 0 fully saturated rings. The number of carbonyl (C=O) groups is 1. The van der Waals surface area contributed by atoms with Crippen LogP contribution in [0.4, 0.5) is 0 Å². The molecule has 8 nitrogen and oxygen atoms in total. The zero-order valence-electron chi connectivity index (χ0n) is 29.6. The lowest BCUT2D eigenvalue weighted by Gasteiger charge is -2.22. The van der Waals surface area contributed by atoms with Crippen LogP contribution >= 0.6 is 23.2 Å². The summed E-state index contributed by atoms with van der Waals surface area (Å²) in [6.07, 6.45) is 6.78. The quantitative estimate of drug-likeness (QED) is 0.111. The highest BCUT2D eigenvalue weighted by Crippen LogP contribution is 2.41. The molecule has 5 aromatic rings. The fraction of sp³-hybridized carbons (Fsp3) is 0.0909. The summed E-state index contributed by atoms with van der Waals surface area (Å²) < 4.78 is 34.7. The first kappa shape index (κ1) is 36.2. The van der Waals surface area contributed by atoms with Crippen LogP contribution in [0.1, 0.15) is 16.7 Å². The molecular weight excluding hydrogens is 727 g/mol. The minimum Gasteiger partial charge on any atom is -0.506 e. The number of rotatable bonds is 10. The SMILES string of the molecule is COc1cc(OC)cc(C2=CC(=CC3=C(O)C(=Cc4cc(-c5cc(OC)cc(OC)c5)[o+]c(-c5ccccc5Cl)c4)C3=O)C=C(c3ccccc3Cl)O2)c1. The number of carbonyl (C=O) groups excluding carboxylic acids is 1. The van der Waals surface area contributed by atoms with Crippen molar-refractivity contribution in [2.75, 3.05) is 28.4 Å². The largest absolute Gasteiger partial charge is 0.506 e. The Hall–Kier alpha value is -6.22. The van der Waals surface area contributed by atoms with E-state index in [2.05, 4.69) is 0 Å². The van der Waals surface area contributed by atoms with E-state index in [4.69, 9.17) is 51.3 Å². The normalized spacial score (nSPS) is 15.3. The van der Waals surface area contributed by atoms with E-state index < -0.39 is 0 Å². The lowest BCUT2D eigenvalue weighted by molar-refractivity contribution is -0.113. The Morgan fingerprint density at radius 3 is 1.70 bits per heavy atom. The van der Waals surface area contributed by atoms with E-state index in [-0.39, 0.29) is 22.7 Å². The monoisotopic (exact) mass is 759 g/mol. The summed E-state index contributed by atoms with van der Waals surface area (Å²) in [4.78, 5) is 13.8. The summed E-state index contributed by atoms with van der Waals surface area (Å²) in [5, 5.41) is 12.3. The summed E-state index contributed by atoms with van der Waals surface area (Å²) >= 11 is 13.2. The van der Waals surface area contributed by atoms with Crippen molar-refractivity contribution in [1.29, 1.82) is 0 Å². The van der Waals surface area contributed by atoms with Crippen molar-refractivity contribution in [1.82, 2.24) is 0 Å². The summed E-state index contributed by atoms with van der Waals surface area (Å²) in [5.74, 6) is 3.59. The van der Waals surface area contributed by atoms with Gasteiger partial charge in [-0.1, -0.05) is 47.5 Å². The molecule has 0 spiro atoms. The van der Waals surface area contributed by atoms with Crippen LogP contribution in [-0.2, 0) is 9.53 Å². The minimum atomic E-state index is -0.345. The number of aliphatic hydroxyl groups excluding tert-OH is 1. The molecule has 1 N–H and O–H groups in total. The van der Waals surface area contributed by atoms with Crippen molar-refractivity contribution in [3.05, 3.63) is 165 Å². The zero-order valence-corrected chi connectivity index (χ0v) is 31.1. The molecule has 0 bridgehead atoms. The molecular formula is C44H33Cl2O8+. The fourth-order valence-electron chi connectivity index (χ4n) is 6.03. The average Bonchev–Trinajstić information content (AvgIpc) is 3.21. The van der Waals surface area contributed by atoms with Gasteiger partial charge in [-0.05, 0) is 84.0 Å². The van der Waals surface area contributed by atoms with Gasteiger partial charge in [-0.25, -0.2) is 4.42 Å². The van der Waals surface area contributed by atoms with E-state index in [1.807, 2.05) is 60.7 Å². The van der Waals surface area contributed by atoms with Gasteiger partial charge in [0.25, 0.3) is 0 Å². The van der Waals surface area contributed by atoms with Crippen LogP contribution in [0.25, 0.3) is 40.2 Å². The standard InChI is InChI=1S/C44H32Cl2O8/c1-49-29-19-27(20-30(23-29)50-2)39-15-25(17-41(53-39)33-9-5-7-11-37(33)45)13-35-43(47)36(44(35)48)14-26-16-40(28-21-31(51-3)24-32(22-28)52-4)54-42(18-26)34-10-6-8-12-38(34)46/h5-24H,1-4H3/p+1. The number of Topliss-reactive ketones (excluding diaryl/α,β-unsaturated/α-hetero) is 1. The van der Waals surface area contributed by atoms with Crippen LogP contribution in [0.3, 0.4) is 0 Å². The lowest BCUT2D eigenvalue weighted by atomic mass is 9.85. The Bertz CT molecular complexity index is 2430. The van der Waals surface area contributed by atoms with Crippen molar-refractivity contribution in [2.45, 2.75) is 0 Å². The van der Waals surface area contributed by atoms with Gasteiger partial charge in [0.05, 0.1) is 72.9 Å². The molecule has 0 saturated carbocycles. The van der Waals surface area contributed by atoms with E-state index in [9.17, 15) is 9.90 Å². The third-order valence-electron chi connectivity index (χ3n) is 8.80. The lowest BCUT2D eigenvalue weighted by Crippen LogP contribution is -2.21. The van der Waals surface area contributed by atoms with Crippen molar-refractivity contribution in [3.8, 4) is 45.6 Å². The maximum absolute atomic E-state index is 13.8. The number of allylic oxidation sites excluding steroid dienone is 6. The molecule has 0 unspecified atom stereocenters. The number of ether oxygens (including phenoxy) is 5. The second-order valence-corrected chi connectivity index (χ2v) is 13.0. The predicted molar refractivity (Wildman–Crippen MR) is 211 cm³/mol. The van der Waals surface area contributed by atoms with Crippen molar-refractivity contribution in [2.24, 2.45) is 0 Å². The molecule has 54 heavy (non-hydrogen) atoms. The van der Waals surface area contributed by atoms with Gasteiger partial charge in [0.2, 0.25) is 5.78 Å². The van der Waals surface area contributed by atoms with Gasteiger partial charge >= 0.3 is 11.5 Å². The van der Waals surface area contributed by atoms with E-state index in [0.717, 1.165) is 0 Å². The first-order valence-electron chi connectivity index (χ1n) is 16.7. The van der Waals surface area contributed by atoms with E-state index in [1.54, 1.807) is 89.1 Å². The smallest absolute Gasteiger partial charge is 0.362 e. The highest BCUT2D eigenvalue weighted by Gasteiger charge is 2.33. The first-order valence-corrected chi connectivity index (χ1v) is 17.4. The van der Waals surface area contributed by atoms with Crippen LogP contribution in [0.15, 0.2) is 142 Å². The molecule has 270 valence electrons. The second kappa shape index (κ2) is 15.4. The molecule has 10 heteroatoms. The van der Waals surface area contributed by atoms with Crippen molar-refractivity contribution in [3.63, 3.8) is 0 Å². The predicted octanol–water partition coefficient (Wildman–Crippen LogP) is 11.1. The molecule has 0 atom stereocenters. The number of ketones is 1. The molecule has 7 rings (SSSR count). The average molecular weight is 761 g/mol. The van der Waals surface area contributed by atoms with Gasteiger partial charge in [0, 0.05) is 23.3 Å². The molecule has 0 saturated heterocycles. The van der Waals surface area contributed by atoms with E-state index in [0.29, 0.717) is 89.5 Å². The van der Waals surface area contributed by atoms with Gasteiger partial charge in [-0.3, -0.25) is 4.79 Å². The highest BCUT2D eigenvalue weighted by molar-refractivity contribution is 6.33. The van der Waals surface area contributed by atoms with Crippen LogP contribution < -0.4 is 18.9 Å². The van der Waals surface area contributed by atoms with Gasteiger partial charge in [0.1, 0.15) is 40.3 Å². The van der Waals surface area contributed by atoms with Gasteiger partial charge in [0.15, 0.2) is 0 Å². The van der Waals surface area contributed by atoms with Crippen LogP contribution in [0.2, 0.25) is 10.0 Å². The Morgan fingerprint density at radius 2 is 1.15 bits per heavy atom. The topological polar surface area (TPSA) is 94.8 Å². The zero-order chi connectivity index (χ0) is 37.9. The molecule has 2 aliphatic rings. The highest BCUT2D eigenvalue weighted by atomic mass is 35.5. The summed E-state index contributed by atoms with van der Waals surface area (Å²) in [6.45, 7) is 0. The molecule has 4 aromatic carbocycles. The van der Waals surface area contributed by atoms with Gasteiger partial charge < -0.3 is 28.8 Å². The van der Waals surface area contributed by atoms with E-state index in [1.165, 1.54) is 0 Å². The number of hydrogen-bond donors (Lipinski definition) is 1. The third-order valence-corrected chi connectivity index (χ3v) is 9.46. The fourth-order valence-corrected chi connectivity index (χ4v) is 6.48. The summed E-state index contributed by atoms with van der Waals surface area (Å²) in [5.41, 5.74) is 4.10. The Morgan fingerprint density at radius 1 is 0.630 bits per heavy atom. The molecule has 1 aromatic heterocycles. The summed E-state index contributed by atoms with van der Waals surface area (Å²) in [7, 11) is 6.26. The molecule has 1 aliphatic carbocycles. The number of benzene rings is 4. The van der Waals surface area contributed by atoms with E-state index >= 15 is 0 Å². The molecule has 2 heterocycles. The Kier molecular flexibility index (Phi) is 10.3. The maximum Gasteiger partial charge on any atom is 0.362 e. The number of methoxy groups -OCH3 is 4. The maximum atomic E-state index is 13.8. The summed E-state index contributed by atoms with van der Waals surface area (Å²) in [6, 6.07) is 28.9. The Labute approximate surface area is 322 Å². The van der Waals surface area contributed by atoms with Crippen molar-refractivity contribution < 1.29 is 38.0 Å². The van der Waals surface area contributed by atoms with Gasteiger partial charge in [-0.2, -0.15) is 0 Å². The second-order valence-electron chi connectivity index (χ2n) is 12.2. The van der Waals surface area contributed by atoms with Crippen molar-refractivity contribution >= 4 is 46.6 Å². The molecule has 1 aliphatic heterocycles. The van der Waals surface area contributed by atoms with Gasteiger partial charge in [-0.15, -0.1) is 0 Å². The minimum absolute atomic E-state index is 0.136. The number of aliphatic hydroxyl groups is 1. The third kappa shape index (κ3) is 7.35. The van der Waals surface area contributed by atoms with Crippen LogP contribution in [0.5, 0.6) is 23.0 Å².